The van der Waals surface area contributed by atoms with Gasteiger partial charge in [-0.1, -0.05) is 12.8 Å². The molecular weight excluding hydrogens is 220 g/mol. The smallest absolute Gasteiger partial charge is 0.374 e. The van der Waals surface area contributed by atoms with Gasteiger partial charge in [0.25, 0.3) is 0 Å². The van der Waals surface area contributed by atoms with E-state index in [2.05, 4.69) is 5.32 Å². The monoisotopic (exact) mass is 236 g/mol. The van der Waals surface area contributed by atoms with Gasteiger partial charge in [-0.05, 0) is 12.8 Å². The molecule has 92 valence electrons. The summed E-state index contributed by atoms with van der Waals surface area (Å²) < 4.78 is 5.15. The first kappa shape index (κ1) is 10.5. The lowest BCUT2D eigenvalue weighted by atomic mass is 9.94. The number of carboxylic acids is 1. The summed E-state index contributed by atoms with van der Waals surface area (Å²) in [6.07, 6.45) is 6.28. The predicted octanol–water partition coefficient (Wildman–Crippen LogP) is 2.15. The number of aromatic carboxylic acids is 1. The first-order valence-corrected chi connectivity index (χ1v) is 5.95. The minimum Gasteiger partial charge on any atom is -0.475 e. The zero-order valence-corrected chi connectivity index (χ0v) is 9.82. The molecule has 1 aliphatic carbocycles. The van der Waals surface area contributed by atoms with Crippen LogP contribution in [0.4, 0.5) is 11.4 Å². The molecule has 2 heterocycles. The highest BCUT2D eigenvalue weighted by Crippen LogP contribution is 2.43. The summed E-state index contributed by atoms with van der Waals surface area (Å²) in [4.78, 5) is 13.0. The Balaban J connectivity index is 2.00. The van der Waals surface area contributed by atoms with E-state index in [4.69, 9.17) is 9.52 Å². The van der Waals surface area contributed by atoms with Crippen LogP contribution in [-0.4, -0.2) is 30.2 Å². The molecular formula is C12H16N2O3. The molecule has 1 fully saturated rings. The summed E-state index contributed by atoms with van der Waals surface area (Å²) in [5, 5.41) is 12.5. The van der Waals surface area contributed by atoms with E-state index < -0.39 is 5.97 Å². The van der Waals surface area contributed by atoms with Crippen molar-refractivity contribution in [2.75, 3.05) is 23.8 Å². The van der Waals surface area contributed by atoms with E-state index in [1.807, 2.05) is 11.9 Å². The molecule has 0 radical (unpaired) electrons. The van der Waals surface area contributed by atoms with Gasteiger partial charge in [0.1, 0.15) is 12.0 Å². The summed E-state index contributed by atoms with van der Waals surface area (Å²) >= 11 is 0. The quantitative estimate of drug-likeness (QED) is 0.782. The van der Waals surface area contributed by atoms with E-state index >= 15 is 0 Å². The van der Waals surface area contributed by atoms with Gasteiger partial charge in [0.05, 0.1) is 11.2 Å². The van der Waals surface area contributed by atoms with Crippen molar-refractivity contribution in [2.45, 2.75) is 31.2 Å². The van der Waals surface area contributed by atoms with Crippen LogP contribution in [0.2, 0.25) is 0 Å². The van der Waals surface area contributed by atoms with Crippen molar-refractivity contribution in [2.24, 2.45) is 0 Å². The molecule has 0 aromatic carbocycles. The Hall–Kier alpha value is -1.65. The number of likely N-dealkylation sites (N-methyl/N-ethyl adjacent to an activating group) is 1. The number of hydrogen-bond acceptors (Lipinski definition) is 4. The molecule has 3 rings (SSSR count). The Morgan fingerprint density at radius 1 is 1.53 bits per heavy atom. The average Bonchev–Trinajstić information content (AvgIpc) is 2.85. The summed E-state index contributed by atoms with van der Waals surface area (Å²) in [6, 6.07) is 0. The van der Waals surface area contributed by atoms with Gasteiger partial charge in [-0.15, -0.1) is 0 Å². The largest absolute Gasteiger partial charge is 0.475 e. The number of hydrogen-bond donors (Lipinski definition) is 2. The van der Waals surface area contributed by atoms with Gasteiger partial charge in [0.2, 0.25) is 5.76 Å². The fourth-order valence-electron chi connectivity index (χ4n) is 3.16. The molecule has 0 unspecified atom stereocenters. The maximum Gasteiger partial charge on any atom is 0.374 e. The normalized spacial score (nSPS) is 21.4. The Morgan fingerprint density at radius 2 is 2.24 bits per heavy atom. The fraction of sp³-hybridized carbons (Fsp3) is 0.583. The molecule has 1 spiro atoms. The van der Waals surface area contributed by atoms with Crippen LogP contribution in [-0.2, 0) is 0 Å². The highest BCUT2D eigenvalue weighted by Gasteiger charge is 2.41. The third-order valence-corrected chi connectivity index (χ3v) is 3.84. The van der Waals surface area contributed by atoms with Gasteiger partial charge in [-0.25, -0.2) is 4.79 Å². The molecule has 1 aromatic rings. The average molecular weight is 236 g/mol. The first-order valence-electron chi connectivity index (χ1n) is 5.95. The summed E-state index contributed by atoms with van der Waals surface area (Å²) in [5.41, 5.74) is 1.61. The molecule has 5 heteroatoms. The van der Waals surface area contributed by atoms with Crippen LogP contribution in [0, 0.1) is 0 Å². The van der Waals surface area contributed by atoms with Crippen molar-refractivity contribution in [1.29, 1.82) is 0 Å². The zero-order valence-electron chi connectivity index (χ0n) is 9.82. The molecule has 0 bridgehead atoms. The lowest BCUT2D eigenvalue weighted by Gasteiger charge is -2.40. The SMILES string of the molecule is CN1CC2(CCCC2)Nc2coc(C(=O)O)c21. The standard InChI is InChI=1S/C12H16N2O3/c1-14-7-12(4-2-3-5-12)13-8-6-17-10(9(8)14)11(15)16/h6,13H,2-5,7H2,1H3,(H,15,16). The van der Waals surface area contributed by atoms with Crippen LogP contribution in [0.25, 0.3) is 0 Å². The fourth-order valence-corrected chi connectivity index (χ4v) is 3.16. The highest BCUT2D eigenvalue weighted by atomic mass is 16.4. The Morgan fingerprint density at radius 3 is 2.88 bits per heavy atom. The van der Waals surface area contributed by atoms with Gasteiger partial charge < -0.3 is 19.7 Å². The van der Waals surface area contributed by atoms with Crippen molar-refractivity contribution >= 4 is 17.3 Å². The number of fused-ring (bicyclic) bond motifs is 1. The third kappa shape index (κ3) is 1.49. The lowest BCUT2D eigenvalue weighted by molar-refractivity contribution is 0.0663. The second kappa shape index (κ2) is 3.42. The van der Waals surface area contributed by atoms with Crippen molar-refractivity contribution < 1.29 is 14.3 Å². The Labute approximate surface area is 99.4 Å². The molecule has 2 aliphatic rings. The summed E-state index contributed by atoms with van der Waals surface area (Å²) in [7, 11) is 1.93. The van der Waals surface area contributed by atoms with Crippen LogP contribution in [0.5, 0.6) is 0 Å². The van der Waals surface area contributed by atoms with Gasteiger partial charge in [0, 0.05) is 13.6 Å². The van der Waals surface area contributed by atoms with Gasteiger partial charge in [-0.2, -0.15) is 0 Å². The van der Waals surface area contributed by atoms with E-state index in [0.717, 1.165) is 25.1 Å². The zero-order chi connectivity index (χ0) is 12.0. The maximum atomic E-state index is 11.0. The topological polar surface area (TPSA) is 65.7 Å². The molecule has 1 saturated carbocycles. The number of carboxylic acid groups (broad SMARTS) is 1. The van der Waals surface area contributed by atoms with Gasteiger partial charge in [-0.3, -0.25) is 0 Å². The number of nitrogens with zero attached hydrogens (tertiary/aromatic N) is 1. The first-order chi connectivity index (χ1) is 8.11. The molecule has 0 saturated heterocycles. The van der Waals surface area contributed by atoms with Crippen molar-refractivity contribution in [3.63, 3.8) is 0 Å². The minimum atomic E-state index is -1.01. The molecule has 5 nitrogen and oxygen atoms in total. The van der Waals surface area contributed by atoms with Crippen LogP contribution in [0.15, 0.2) is 10.7 Å². The molecule has 2 N–H and O–H groups in total. The lowest BCUT2D eigenvalue weighted by Crippen LogP contribution is -2.49. The second-order valence-electron chi connectivity index (χ2n) is 5.10. The van der Waals surface area contributed by atoms with Gasteiger partial charge in [0.15, 0.2) is 0 Å². The van der Waals surface area contributed by atoms with E-state index in [0.29, 0.717) is 5.69 Å². The second-order valence-corrected chi connectivity index (χ2v) is 5.10. The minimum absolute atomic E-state index is 0.0304. The molecule has 0 amide bonds. The number of nitrogens with one attached hydrogen (secondary N) is 1. The summed E-state index contributed by atoms with van der Waals surface area (Å²) in [5.74, 6) is -0.981. The third-order valence-electron chi connectivity index (χ3n) is 3.84. The Kier molecular flexibility index (Phi) is 2.11. The van der Waals surface area contributed by atoms with Crippen molar-refractivity contribution in [3.8, 4) is 0 Å². The number of rotatable bonds is 1. The number of carbonyl (C=O) groups is 1. The van der Waals surface area contributed by atoms with Crippen LogP contribution >= 0.6 is 0 Å². The van der Waals surface area contributed by atoms with E-state index in [9.17, 15) is 4.79 Å². The number of anilines is 2. The van der Waals surface area contributed by atoms with E-state index in [1.165, 1.54) is 19.1 Å². The maximum absolute atomic E-state index is 11.0. The van der Waals surface area contributed by atoms with Gasteiger partial charge >= 0.3 is 5.97 Å². The summed E-state index contributed by atoms with van der Waals surface area (Å²) in [6.45, 7) is 0.847. The highest BCUT2D eigenvalue weighted by molar-refractivity contribution is 5.96. The van der Waals surface area contributed by atoms with Crippen LogP contribution in [0.3, 0.4) is 0 Å². The van der Waals surface area contributed by atoms with Crippen molar-refractivity contribution in [3.05, 3.63) is 12.0 Å². The van der Waals surface area contributed by atoms with Crippen LogP contribution < -0.4 is 10.2 Å². The van der Waals surface area contributed by atoms with Crippen molar-refractivity contribution in [1.82, 2.24) is 0 Å². The van der Waals surface area contributed by atoms with Crippen LogP contribution in [0.1, 0.15) is 36.2 Å². The van der Waals surface area contributed by atoms with E-state index in [-0.39, 0.29) is 11.3 Å². The Bertz CT molecular complexity index is 460. The molecule has 17 heavy (non-hydrogen) atoms. The number of furan rings is 1. The molecule has 1 aromatic heterocycles. The predicted molar refractivity (Wildman–Crippen MR) is 63.8 cm³/mol. The molecule has 1 aliphatic heterocycles. The van der Waals surface area contributed by atoms with E-state index in [1.54, 1.807) is 0 Å². The molecule has 0 atom stereocenters.